The van der Waals surface area contributed by atoms with Gasteiger partial charge in [-0.3, -0.25) is 14.9 Å². The number of nitrogens with zero attached hydrogens (tertiary/aromatic N) is 3. The predicted molar refractivity (Wildman–Crippen MR) is 114 cm³/mol. The first kappa shape index (κ1) is 22.7. The van der Waals surface area contributed by atoms with Gasteiger partial charge in [0.25, 0.3) is 5.69 Å². The van der Waals surface area contributed by atoms with E-state index in [1.54, 1.807) is 4.90 Å². The third-order valence-corrected chi connectivity index (χ3v) is 7.13. The third-order valence-electron chi connectivity index (χ3n) is 5.19. The summed E-state index contributed by atoms with van der Waals surface area (Å²) in [6.45, 7) is 4.75. The van der Waals surface area contributed by atoms with E-state index in [0.717, 1.165) is 16.9 Å². The average molecular weight is 448 g/mol. The quantitative estimate of drug-likeness (QED) is 0.476. The Hall–Kier alpha value is -2.98. The molecule has 0 atom stereocenters. The second-order valence-corrected chi connectivity index (χ2v) is 9.28. The van der Waals surface area contributed by atoms with Crippen molar-refractivity contribution < 1.29 is 22.9 Å². The Morgan fingerprint density at radius 2 is 1.77 bits per heavy atom. The average Bonchev–Trinajstić information content (AvgIpc) is 2.76. The van der Waals surface area contributed by atoms with Crippen molar-refractivity contribution in [2.75, 3.05) is 32.8 Å². The van der Waals surface area contributed by atoms with Crippen LogP contribution in [0.1, 0.15) is 17.5 Å². The molecule has 0 radical (unpaired) electrons. The number of rotatable bonds is 7. The molecule has 1 fully saturated rings. The molecule has 166 valence electrons. The number of ether oxygens (including phenoxy) is 1. The number of hydrogen-bond acceptors (Lipinski definition) is 6. The van der Waals surface area contributed by atoms with Gasteiger partial charge in [-0.05, 0) is 37.1 Å². The highest BCUT2D eigenvalue weighted by Crippen LogP contribution is 2.27. The Bertz CT molecular complexity index is 1080. The highest BCUT2D eigenvalue weighted by Gasteiger charge is 2.34. The van der Waals surface area contributed by atoms with Gasteiger partial charge in [0, 0.05) is 32.2 Å². The van der Waals surface area contributed by atoms with Gasteiger partial charge in [-0.15, -0.1) is 0 Å². The number of nitro groups is 1. The normalized spacial score (nSPS) is 15.0. The molecule has 2 aromatic rings. The van der Waals surface area contributed by atoms with Crippen molar-refractivity contribution in [2.24, 2.45) is 0 Å². The monoisotopic (exact) mass is 447 g/mol. The smallest absolute Gasteiger partial charge is 0.289 e. The van der Waals surface area contributed by atoms with Crippen LogP contribution in [0.2, 0.25) is 0 Å². The van der Waals surface area contributed by atoms with Crippen molar-refractivity contribution in [2.45, 2.75) is 25.2 Å². The van der Waals surface area contributed by atoms with E-state index in [1.165, 1.54) is 28.6 Å². The van der Waals surface area contributed by atoms with Crippen LogP contribution in [0.5, 0.6) is 5.75 Å². The van der Waals surface area contributed by atoms with Crippen molar-refractivity contribution in [1.29, 1.82) is 0 Å². The fourth-order valence-corrected chi connectivity index (χ4v) is 4.99. The molecule has 2 aromatic carbocycles. The number of aryl methyl sites for hydroxylation is 2. The Kier molecular flexibility index (Phi) is 6.91. The van der Waals surface area contributed by atoms with Crippen LogP contribution in [0, 0.1) is 24.0 Å². The molecule has 1 aliphatic heterocycles. The summed E-state index contributed by atoms with van der Waals surface area (Å²) >= 11 is 0. The third kappa shape index (κ3) is 5.20. The number of carbonyl (C=O) groups is 1. The minimum Gasteiger partial charge on any atom is -0.493 e. The van der Waals surface area contributed by atoms with Gasteiger partial charge in [-0.25, -0.2) is 8.42 Å². The van der Waals surface area contributed by atoms with Gasteiger partial charge in [0.15, 0.2) is 4.90 Å². The second-order valence-electron chi connectivity index (χ2n) is 7.38. The molecule has 10 heteroatoms. The van der Waals surface area contributed by atoms with E-state index in [-0.39, 0.29) is 50.0 Å². The molecule has 9 nitrogen and oxygen atoms in total. The number of benzene rings is 2. The van der Waals surface area contributed by atoms with Gasteiger partial charge >= 0.3 is 0 Å². The Balaban J connectivity index is 1.56. The van der Waals surface area contributed by atoms with E-state index in [1.807, 2.05) is 32.0 Å². The molecular formula is C21H25N3O6S. The summed E-state index contributed by atoms with van der Waals surface area (Å²) in [6, 6.07) is 11.2. The van der Waals surface area contributed by atoms with Crippen LogP contribution in [-0.2, 0) is 14.8 Å². The van der Waals surface area contributed by atoms with Crippen LogP contribution >= 0.6 is 0 Å². The lowest BCUT2D eigenvalue weighted by molar-refractivity contribution is -0.387. The topological polar surface area (TPSA) is 110 Å². The fourth-order valence-electron chi connectivity index (χ4n) is 3.41. The molecule has 0 unspecified atom stereocenters. The number of hydrogen-bond donors (Lipinski definition) is 0. The summed E-state index contributed by atoms with van der Waals surface area (Å²) in [6.07, 6.45) is 0.185. The Labute approximate surface area is 181 Å². The van der Waals surface area contributed by atoms with E-state index in [0.29, 0.717) is 0 Å². The molecule has 0 N–H and O–H groups in total. The molecule has 1 saturated heterocycles. The number of amides is 1. The van der Waals surface area contributed by atoms with Crippen LogP contribution in [0.3, 0.4) is 0 Å². The summed E-state index contributed by atoms with van der Waals surface area (Å²) in [5, 5.41) is 11.2. The standard InChI is InChI=1S/C21H25N3O6S/c1-16-7-8-17(2)19(15-16)30-14-9-21(25)22-10-12-23(13-11-22)31(28,29)20-6-4-3-5-18(20)24(26)27/h3-8,15H,9-14H2,1-2H3. The first-order valence-electron chi connectivity index (χ1n) is 9.91. The molecule has 0 aliphatic carbocycles. The van der Waals surface area contributed by atoms with Gasteiger partial charge in [0.2, 0.25) is 15.9 Å². The second kappa shape index (κ2) is 9.44. The molecule has 0 bridgehead atoms. The maximum absolute atomic E-state index is 12.9. The van der Waals surface area contributed by atoms with Crippen molar-refractivity contribution >= 4 is 21.6 Å². The van der Waals surface area contributed by atoms with Crippen molar-refractivity contribution in [1.82, 2.24) is 9.21 Å². The maximum atomic E-state index is 12.9. The number of nitro benzene ring substituents is 1. The first-order chi connectivity index (χ1) is 14.7. The Morgan fingerprint density at radius 1 is 1.10 bits per heavy atom. The van der Waals surface area contributed by atoms with Crippen LogP contribution in [0.25, 0.3) is 0 Å². The minimum absolute atomic E-state index is 0.0813. The molecular weight excluding hydrogens is 422 g/mol. The van der Waals surface area contributed by atoms with E-state index in [9.17, 15) is 23.3 Å². The molecule has 1 amide bonds. The van der Waals surface area contributed by atoms with Gasteiger partial charge < -0.3 is 9.64 Å². The fraction of sp³-hybridized carbons (Fsp3) is 0.381. The van der Waals surface area contributed by atoms with E-state index >= 15 is 0 Å². The summed E-state index contributed by atoms with van der Waals surface area (Å²) in [5.41, 5.74) is 1.61. The molecule has 1 aliphatic rings. The number of carbonyl (C=O) groups excluding carboxylic acids is 1. The zero-order valence-electron chi connectivity index (χ0n) is 17.5. The molecule has 0 aromatic heterocycles. The molecule has 0 spiro atoms. The van der Waals surface area contributed by atoms with Crippen LogP contribution in [0.4, 0.5) is 5.69 Å². The van der Waals surface area contributed by atoms with Gasteiger partial charge in [-0.1, -0.05) is 24.3 Å². The first-order valence-corrected chi connectivity index (χ1v) is 11.4. The highest BCUT2D eigenvalue weighted by molar-refractivity contribution is 7.89. The number of para-hydroxylation sites is 1. The SMILES string of the molecule is Cc1ccc(C)c(OCCC(=O)N2CCN(S(=O)(=O)c3ccccc3[N+](=O)[O-])CC2)c1. The Morgan fingerprint density at radius 3 is 2.45 bits per heavy atom. The number of piperazine rings is 1. The lowest BCUT2D eigenvalue weighted by atomic mass is 10.1. The summed E-state index contributed by atoms with van der Waals surface area (Å²) < 4.78 is 32.7. The molecule has 0 saturated carbocycles. The minimum atomic E-state index is -4.02. The predicted octanol–water partition coefficient (Wildman–Crippen LogP) is 2.51. The largest absolute Gasteiger partial charge is 0.493 e. The molecule has 1 heterocycles. The number of sulfonamides is 1. The van der Waals surface area contributed by atoms with Gasteiger partial charge in [0.1, 0.15) is 5.75 Å². The van der Waals surface area contributed by atoms with Crippen molar-refractivity contribution in [3.63, 3.8) is 0 Å². The summed E-state index contributed by atoms with van der Waals surface area (Å²) in [7, 11) is -4.02. The van der Waals surface area contributed by atoms with Gasteiger partial charge in [-0.2, -0.15) is 4.31 Å². The van der Waals surface area contributed by atoms with Crippen LogP contribution in [-0.4, -0.2) is 61.2 Å². The van der Waals surface area contributed by atoms with E-state index < -0.39 is 20.6 Å². The van der Waals surface area contributed by atoms with Crippen molar-refractivity contribution in [3.05, 3.63) is 63.7 Å². The highest BCUT2D eigenvalue weighted by atomic mass is 32.2. The molecule has 31 heavy (non-hydrogen) atoms. The summed E-state index contributed by atoms with van der Waals surface area (Å²) in [5.74, 6) is 0.626. The maximum Gasteiger partial charge on any atom is 0.289 e. The van der Waals surface area contributed by atoms with E-state index in [4.69, 9.17) is 4.74 Å². The summed E-state index contributed by atoms with van der Waals surface area (Å²) in [4.78, 5) is 24.2. The zero-order valence-corrected chi connectivity index (χ0v) is 18.3. The zero-order chi connectivity index (χ0) is 22.6. The van der Waals surface area contributed by atoms with Crippen LogP contribution < -0.4 is 4.74 Å². The van der Waals surface area contributed by atoms with Crippen LogP contribution in [0.15, 0.2) is 47.4 Å². The van der Waals surface area contributed by atoms with Gasteiger partial charge in [0.05, 0.1) is 18.0 Å². The van der Waals surface area contributed by atoms with E-state index in [2.05, 4.69) is 0 Å². The lowest BCUT2D eigenvalue weighted by Crippen LogP contribution is -2.50. The van der Waals surface area contributed by atoms with Crippen molar-refractivity contribution in [3.8, 4) is 5.75 Å². The molecule has 3 rings (SSSR count). The lowest BCUT2D eigenvalue weighted by Gasteiger charge is -2.34.